The van der Waals surface area contributed by atoms with Crippen molar-refractivity contribution in [3.05, 3.63) is 71.8 Å². The molecule has 0 radical (unpaired) electrons. The van der Waals surface area contributed by atoms with Gasteiger partial charge in [0.1, 0.15) is 17.7 Å². The predicted octanol–water partition coefficient (Wildman–Crippen LogP) is 3.99. The van der Waals surface area contributed by atoms with Crippen molar-refractivity contribution in [2.24, 2.45) is 0 Å². The quantitative estimate of drug-likeness (QED) is 0.399. The van der Waals surface area contributed by atoms with Crippen LogP contribution >= 0.6 is 0 Å². The van der Waals surface area contributed by atoms with E-state index >= 15 is 0 Å². The van der Waals surface area contributed by atoms with Crippen LogP contribution in [0.4, 0.5) is 4.79 Å². The summed E-state index contributed by atoms with van der Waals surface area (Å²) in [7, 11) is 0. The summed E-state index contributed by atoms with van der Waals surface area (Å²) in [6.07, 6.45) is 1.15. The van der Waals surface area contributed by atoms with Crippen molar-refractivity contribution in [1.82, 2.24) is 15.5 Å². The lowest BCUT2D eigenvalue weighted by atomic mass is 10.00. The maximum absolute atomic E-state index is 14.0. The zero-order valence-corrected chi connectivity index (χ0v) is 22.6. The third-order valence-electron chi connectivity index (χ3n) is 5.68. The van der Waals surface area contributed by atoms with E-state index in [1.165, 1.54) is 4.90 Å². The van der Waals surface area contributed by atoms with E-state index in [9.17, 15) is 19.5 Å². The molecule has 0 spiro atoms. The topological polar surface area (TPSA) is 108 Å². The molecule has 0 aliphatic carbocycles. The molecule has 0 saturated heterocycles. The highest BCUT2D eigenvalue weighted by Crippen LogP contribution is 2.23. The number of alkyl carbamates (subject to hydrolysis) is 1. The molecular weight excluding hydrogens is 470 g/mol. The average molecular weight is 512 g/mol. The summed E-state index contributed by atoms with van der Waals surface area (Å²) in [6, 6.07) is 16.2. The summed E-state index contributed by atoms with van der Waals surface area (Å²) in [5.41, 5.74) is 0.691. The minimum absolute atomic E-state index is 0.0880. The standard InChI is InChI=1S/C29H41N3O5/c1-6-13-21(2)30-26(34)25(23-16-11-8-12-17-23)32(18-19-33)27(35)24(20-22-14-9-7-10-15-22)31-28(36)37-29(3,4)5/h7-12,14-17,21,24-25,33H,6,13,18-20H2,1-5H3,(H,30,34)(H,31,36). The molecule has 3 atom stereocenters. The predicted molar refractivity (Wildman–Crippen MR) is 144 cm³/mol. The summed E-state index contributed by atoms with van der Waals surface area (Å²) in [5.74, 6) is -0.833. The summed E-state index contributed by atoms with van der Waals surface area (Å²) < 4.78 is 5.42. The lowest BCUT2D eigenvalue weighted by Crippen LogP contribution is -2.55. The van der Waals surface area contributed by atoms with Crippen molar-refractivity contribution >= 4 is 17.9 Å². The largest absolute Gasteiger partial charge is 0.444 e. The number of hydrogen-bond donors (Lipinski definition) is 3. The van der Waals surface area contributed by atoms with Crippen LogP contribution in [-0.2, 0) is 20.7 Å². The molecule has 0 aliphatic heterocycles. The van der Waals surface area contributed by atoms with Gasteiger partial charge < -0.3 is 25.4 Å². The number of amides is 3. The lowest BCUT2D eigenvalue weighted by Gasteiger charge is -2.34. The number of ether oxygens (including phenoxy) is 1. The van der Waals surface area contributed by atoms with E-state index in [1.807, 2.05) is 50.2 Å². The van der Waals surface area contributed by atoms with Gasteiger partial charge in [0.2, 0.25) is 11.8 Å². The minimum atomic E-state index is -1.02. The zero-order chi connectivity index (χ0) is 27.4. The molecule has 0 heterocycles. The minimum Gasteiger partial charge on any atom is -0.444 e. The second-order valence-corrected chi connectivity index (χ2v) is 10.2. The van der Waals surface area contributed by atoms with Crippen LogP contribution in [-0.4, -0.2) is 58.8 Å². The van der Waals surface area contributed by atoms with Gasteiger partial charge in [-0.1, -0.05) is 74.0 Å². The Morgan fingerprint density at radius 1 is 0.973 bits per heavy atom. The Labute approximate surface area is 220 Å². The average Bonchev–Trinajstić information content (AvgIpc) is 2.83. The number of carbonyl (C=O) groups is 3. The molecule has 0 saturated carbocycles. The molecule has 2 aromatic carbocycles. The van der Waals surface area contributed by atoms with E-state index in [1.54, 1.807) is 45.0 Å². The first-order valence-electron chi connectivity index (χ1n) is 12.9. The molecule has 0 fully saturated rings. The molecule has 0 bridgehead atoms. The molecular formula is C29H41N3O5. The number of aliphatic hydroxyl groups excluding tert-OH is 1. The highest BCUT2D eigenvalue weighted by atomic mass is 16.6. The van der Waals surface area contributed by atoms with Gasteiger partial charge in [0, 0.05) is 19.0 Å². The number of carbonyl (C=O) groups excluding carboxylic acids is 3. The Morgan fingerprint density at radius 3 is 2.11 bits per heavy atom. The van der Waals surface area contributed by atoms with Gasteiger partial charge in [-0.15, -0.1) is 0 Å². The molecule has 202 valence electrons. The van der Waals surface area contributed by atoms with E-state index in [2.05, 4.69) is 10.6 Å². The molecule has 2 rings (SSSR count). The summed E-state index contributed by atoms with van der Waals surface area (Å²) in [5, 5.41) is 15.6. The molecule has 8 nitrogen and oxygen atoms in total. The van der Waals surface area contributed by atoms with Crippen molar-refractivity contribution in [2.75, 3.05) is 13.2 Å². The van der Waals surface area contributed by atoms with Gasteiger partial charge in [0.25, 0.3) is 0 Å². The summed E-state index contributed by atoms with van der Waals surface area (Å²) >= 11 is 0. The third-order valence-corrected chi connectivity index (χ3v) is 5.68. The number of benzene rings is 2. The number of nitrogens with one attached hydrogen (secondary N) is 2. The number of hydrogen-bond acceptors (Lipinski definition) is 5. The maximum Gasteiger partial charge on any atom is 0.408 e. The first kappa shape index (κ1) is 29.8. The van der Waals surface area contributed by atoms with Gasteiger partial charge in [-0.05, 0) is 45.2 Å². The van der Waals surface area contributed by atoms with Gasteiger partial charge in [-0.25, -0.2) is 4.79 Å². The van der Waals surface area contributed by atoms with Crippen LogP contribution in [0.5, 0.6) is 0 Å². The zero-order valence-electron chi connectivity index (χ0n) is 22.6. The Morgan fingerprint density at radius 2 is 1.57 bits per heavy atom. The third kappa shape index (κ3) is 9.88. The molecule has 0 aliphatic rings. The van der Waals surface area contributed by atoms with Crippen LogP contribution in [0.3, 0.4) is 0 Å². The molecule has 2 aromatic rings. The number of nitrogens with zero attached hydrogens (tertiary/aromatic N) is 1. The van der Waals surface area contributed by atoms with Crippen molar-refractivity contribution in [2.45, 2.75) is 77.6 Å². The molecule has 3 N–H and O–H groups in total. The van der Waals surface area contributed by atoms with E-state index in [4.69, 9.17) is 4.74 Å². The SMILES string of the molecule is CCCC(C)NC(=O)C(c1ccccc1)N(CCO)C(=O)C(Cc1ccccc1)NC(=O)OC(C)(C)C. The van der Waals surface area contributed by atoms with Gasteiger partial charge in [0.15, 0.2) is 0 Å². The summed E-state index contributed by atoms with van der Waals surface area (Å²) in [4.78, 5) is 41.6. The van der Waals surface area contributed by atoms with Crippen LogP contribution in [0, 0.1) is 0 Å². The second kappa shape index (κ2) is 14.4. The molecule has 0 aromatic heterocycles. The smallest absolute Gasteiger partial charge is 0.408 e. The van der Waals surface area contributed by atoms with Gasteiger partial charge in [0.05, 0.1) is 6.61 Å². The van der Waals surface area contributed by atoms with E-state index < -0.39 is 29.7 Å². The van der Waals surface area contributed by atoms with Crippen LogP contribution in [0.15, 0.2) is 60.7 Å². The summed E-state index contributed by atoms with van der Waals surface area (Å²) in [6.45, 7) is 8.75. The fourth-order valence-electron chi connectivity index (χ4n) is 4.11. The second-order valence-electron chi connectivity index (χ2n) is 10.2. The van der Waals surface area contributed by atoms with Gasteiger partial charge in [-0.3, -0.25) is 9.59 Å². The Bertz CT molecular complexity index is 992. The van der Waals surface area contributed by atoms with Crippen molar-refractivity contribution < 1.29 is 24.2 Å². The van der Waals surface area contributed by atoms with E-state index in [0.717, 1.165) is 18.4 Å². The van der Waals surface area contributed by atoms with Gasteiger partial charge >= 0.3 is 6.09 Å². The van der Waals surface area contributed by atoms with E-state index in [-0.39, 0.29) is 31.5 Å². The van der Waals surface area contributed by atoms with Crippen LogP contribution < -0.4 is 10.6 Å². The molecule has 37 heavy (non-hydrogen) atoms. The molecule has 8 heteroatoms. The monoisotopic (exact) mass is 511 g/mol. The van der Waals surface area contributed by atoms with Crippen LogP contribution in [0.25, 0.3) is 0 Å². The Hall–Kier alpha value is -3.39. The fraction of sp³-hybridized carbons (Fsp3) is 0.483. The van der Waals surface area contributed by atoms with E-state index in [0.29, 0.717) is 5.56 Å². The first-order valence-corrected chi connectivity index (χ1v) is 12.9. The Kier molecular flexibility index (Phi) is 11.6. The number of rotatable bonds is 12. The fourth-order valence-corrected chi connectivity index (χ4v) is 4.11. The Balaban J connectivity index is 2.46. The van der Waals surface area contributed by atoms with Crippen LogP contribution in [0.1, 0.15) is 64.6 Å². The van der Waals surface area contributed by atoms with Crippen molar-refractivity contribution in [1.29, 1.82) is 0 Å². The highest BCUT2D eigenvalue weighted by molar-refractivity contribution is 5.92. The maximum atomic E-state index is 14.0. The van der Waals surface area contributed by atoms with Crippen molar-refractivity contribution in [3.8, 4) is 0 Å². The lowest BCUT2D eigenvalue weighted by molar-refractivity contribution is -0.143. The van der Waals surface area contributed by atoms with Crippen LogP contribution in [0.2, 0.25) is 0 Å². The van der Waals surface area contributed by atoms with Crippen molar-refractivity contribution in [3.63, 3.8) is 0 Å². The normalized spacial score (nSPS) is 13.7. The first-order chi connectivity index (χ1) is 17.6. The number of aliphatic hydroxyl groups is 1. The highest BCUT2D eigenvalue weighted by Gasteiger charge is 2.36. The van der Waals surface area contributed by atoms with Gasteiger partial charge in [-0.2, -0.15) is 0 Å². The molecule has 3 amide bonds. The molecule has 3 unspecified atom stereocenters.